The highest BCUT2D eigenvalue weighted by Gasteiger charge is 2.30. The number of aliphatic hydroxyl groups excluding tert-OH is 1. The molecule has 6 nitrogen and oxygen atoms in total. The van der Waals surface area contributed by atoms with Gasteiger partial charge in [-0.1, -0.05) is 0 Å². The van der Waals surface area contributed by atoms with Gasteiger partial charge in [-0.2, -0.15) is 0 Å². The summed E-state index contributed by atoms with van der Waals surface area (Å²) >= 11 is 0. The Bertz CT molecular complexity index is 655. The molecule has 104 valence electrons. The van der Waals surface area contributed by atoms with Crippen LogP contribution in [0.2, 0.25) is 0 Å². The molecule has 6 heteroatoms. The van der Waals surface area contributed by atoms with E-state index >= 15 is 0 Å². The van der Waals surface area contributed by atoms with Crippen molar-refractivity contribution >= 4 is 22.7 Å². The highest BCUT2D eigenvalue weighted by atomic mass is 16.4. The van der Waals surface area contributed by atoms with Gasteiger partial charge in [0.25, 0.3) is 0 Å². The summed E-state index contributed by atoms with van der Waals surface area (Å²) in [5.41, 5.74) is 0.820. The number of aromatic carboxylic acids is 1. The second-order valence-electron chi connectivity index (χ2n) is 4.88. The van der Waals surface area contributed by atoms with Crippen LogP contribution in [0.25, 0.3) is 10.9 Å². The van der Waals surface area contributed by atoms with Crippen LogP contribution in [-0.2, 0) is 0 Å². The van der Waals surface area contributed by atoms with Crippen LogP contribution in [0.1, 0.15) is 23.2 Å². The van der Waals surface area contributed by atoms with Crippen LogP contribution >= 0.6 is 0 Å². The summed E-state index contributed by atoms with van der Waals surface area (Å²) in [6, 6.07) is 5.26. The third-order valence-corrected chi connectivity index (χ3v) is 3.46. The smallest absolute Gasteiger partial charge is 0.335 e. The lowest BCUT2D eigenvalue weighted by Gasteiger charge is -2.23. The number of carbonyl (C=O) groups is 1. The largest absolute Gasteiger partial charge is 0.478 e. The lowest BCUT2D eigenvalue weighted by molar-refractivity contribution is 0.0697. The highest BCUT2D eigenvalue weighted by molar-refractivity contribution is 5.96. The van der Waals surface area contributed by atoms with Crippen molar-refractivity contribution in [3.05, 3.63) is 30.1 Å². The zero-order valence-electron chi connectivity index (χ0n) is 10.9. The molecule has 1 saturated carbocycles. The fourth-order valence-corrected chi connectivity index (χ4v) is 2.36. The Labute approximate surface area is 115 Å². The van der Waals surface area contributed by atoms with Crippen molar-refractivity contribution in [3.63, 3.8) is 0 Å². The number of nitrogens with zero attached hydrogens (tertiary/aromatic N) is 3. The fourth-order valence-electron chi connectivity index (χ4n) is 2.36. The predicted octanol–water partition coefficient (Wildman–Crippen LogP) is 1.29. The van der Waals surface area contributed by atoms with Gasteiger partial charge in [-0.05, 0) is 31.0 Å². The summed E-state index contributed by atoms with van der Waals surface area (Å²) in [5, 5.41) is 19.0. The SMILES string of the molecule is O=C(O)c1ccc2c(N(CCO)C3CC3)ncnc2c1. The Hall–Kier alpha value is -2.21. The number of anilines is 1. The predicted molar refractivity (Wildman–Crippen MR) is 74.0 cm³/mol. The van der Waals surface area contributed by atoms with Crippen LogP contribution in [-0.4, -0.2) is 45.3 Å². The average Bonchev–Trinajstić information content (AvgIpc) is 3.28. The Morgan fingerprint density at radius 3 is 2.80 bits per heavy atom. The van der Waals surface area contributed by atoms with Gasteiger partial charge >= 0.3 is 5.97 Å². The van der Waals surface area contributed by atoms with Crippen molar-refractivity contribution in [2.75, 3.05) is 18.1 Å². The number of benzene rings is 1. The monoisotopic (exact) mass is 273 g/mol. The summed E-state index contributed by atoms with van der Waals surface area (Å²) in [7, 11) is 0. The van der Waals surface area contributed by atoms with Crippen LogP contribution in [0.5, 0.6) is 0 Å². The molecule has 1 aliphatic rings. The van der Waals surface area contributed by atoms with Gasteiger partial charge in [0.05, 0.1) is 17.7 Å². The van der Waals surface area contributed by atoms with Gasteiger partial charge in [0.2, 0.25) is 0 Å². The summed E-state index contributed by atoms with van der Waals surface area (Å²) in [6.45, 7) is 0.590. The van der Waals surface area contributed by atoms with Crippen LogP contribution in [0, 0.1) is 0 Å². The quantitative estimate of drug-likeness (QED) is 0.853. The maximum atomic E-state index is 11.0. The molecule has 1 aromatic carbocycles. The number of hydrogen-bond donors (Lipinski definition) is 2. The Morgan fingerprint density at radius 1 is 1.35 bits per heavy atom. The van der Waals surface area contributed by atoms with E-state index in [2.05, 4.69) is 14.9 Å². The molecule has 20 heavy (non-hydrogen) atoms. The van der Waals surface area contributed by atoms with Gasteiger partial charge in [0, 0.05) is 18.0 Å². The number of carboxylic acid groups (broad SMARTS) is 1. The maximum Gasteiger partial charge on any atom is 0.335 e. The topological polar surface area (TPSA) is 86.5 Å². The minimum atomic E-state index is -0.971. The van der Waals surface area contributed by atoms with Crippen molar-refractivity contribution in [3.8, 4) is 0 Å². The lowest BCUT2D eigenvalue weighted by atomic mass is 10.1. The first-order valence-corrected chi connectivity index (χ1v) is 6.56. The van der Waals surface area contributed by atoms with E-state index < -0.39 is 5.97 Å². The molecule has 1 fully saturated rings. The van der Waals surface area contributed by atoms with Crippen LogP contribution in [0.15, 0.2) is 24.5 Å². The number of aromatic nitrogens is 2. The number of rotatable bonds is 5. The van der Waals surface area contributed by atoms with Gasteiger partial charge in [-0.3, -0.25) is 0 Å². The van der Waals surface area contributed by atoms with Crippen LogP contribution in [0.3, 0.4) is 0 Å². The normalized spacial score (nSPS) is 14.4. The van der Waals surface area contributed by atoms with E-state index in [1.54, 1.807) is 18.2 Å². The molecule has 0 aliphatic heterocycles. The van der Waals surface area contributed by atoms with Gasteiger partial charge < -0.3 is 15.1 Å². The molecule has 0 radical (unpaired) electrons. The van der Waals surface area contributed by atoms with Gasteiger partial charge in [0.1, 0.15) is 12.1 Å². The number of carboxylic acids is 1. The zero-order chi connectivity index (χ0) is 14.1. The van der Waals surface area contributed by atoms with E-state index in [1.165, 1.54) is 6.33 Å². The summed E-state index contributed by atoms with van der Waals surface area (Å²) in [5.74, 6) is -0.204. The van der Waals surface area contributed by atoms with Crippen molar-refractivity contribution < 1.29 is 15.0 Å². The summed E-state index contributed by atoms with van der Waals surface area (Å²) in [4.78, 5) is 21.5. The van der Waals surface area contributed by atoms with Crippen LogP contribution < -0.4 is 4.90 Å². The second kappa shape index (κ2) is 5.05. The number of fused-ring (bicyclic) bond motifs is 1. The van der Waals surface area contributed by atoms with E-state index in [0.717, 1.165) is 24.0 Å². The molecule has 2 N–H and O–H groups in total. The molecule has 0 bridgehead atoms. The maximum absolute atomic E-state index is 11.0. The molecule has 1 aliphatic carbocycles. The van der Waals surface area contributed by atoms with Crippen molar-refractivity contribution in [1.82, 2.24) is 9.97 Å². The second-order valence-corrected chi connectivity index (χ2v) is 4.88. The van der Waals surface area contributed by atoms with Crippen LogP contribution in [0.4, 0.5) is 5.82 Å². The Morgan fingerprint density at radius 2 is 2.15 bits per heavy atom. The molecular weight excluding hydrogens is 258 g/mol. The first-order chi connectivity index (χ1) is 9.70. The third kappa shape index (κ3) is 2.30. The molecule has 1 heterocycles. The summed E-state index contributed by atoms with van der Waals surface area (Å²) in [6.07, 6.45) is 3.63. The fraction of sp³-hybridized carbons (Fsp3) is 0.357. The van der Waals surface area contributed by atoms with E-state index in [4.69, 9.17) is 5.11 Å². The molecule has 1 aromatic heterocycles. The average molecular weight is 273 g/mol. The minimum absolute atomic E-state index is 0.0647. The molecule has 0 saturated heterocycles. The van der Waals surface area contributed by atoms with Gasteiger partial charge in [0.15, 0.2) is 0 Å². The third-order valence-electron chi connectivity index (χ3n) is 3.46. The van der Waals surface area contributed by atoms with Gasteiger partial charge in [-0.15, -0.1) is 0 Å². The Balaban J connectivity index is 2.08. The first-order valence-electron chi connectivity index (χ1n) is 6.56. The van der Waals surface area contributed by atoms with Crippen molar-refractivity contribution in [1.29, 1.82) is 0 Å². The molecule has 3 rings (SSSR count). The molecule has 0 unspecified atom stereocenters. The van der Waals surface area contributed by atoms with E-state index in [0.29, 0.717) is 18.1 Å². The van der Waals surface area contributed by atoms with Crippen molar-refractivity contribution in [2.45, 2.75) is 18.9 Å². The number of hydrogen-bond acceptors (Lipinski definition) is 5. The molecule has 2 aromatic rings. The molecule has 0 amide bonds. The first kappa shape index (κ1) is 12.8. The van der Waals surface area contributed by atoms with Gasteiger partial charge in [-0.25, -0.2) is 14.8 Å². The standard InChI is InChI=1S/C14H15N3O3/c18-6-5-17(10-2-3-10)13-11-4-1-9(14(19)20)7-12(11)15-8-16-13/h1,4,7-8,10,18H,2-3,5-6H2,(H,19,20). The highest BCUT2D eigenvalue weighted by Crippen LogP contribution is 2.33. The lowest BCUT2D eigenvalue weighted by Crippen LogP contribution is -2.30. The zero-order valence-corrected chi connectivity index (χ0v) is 10.9. The van der Waals surface area contributed by atoms with E-state index in [9.17, 15) is 9.90 Å². The molecule has 0 atom stereocenters. The Kier molecular flexibility index (Phi) is 3.23. The van der Waals surface area contributed by atoms with E-state index in [1.807, 2.05) is 0 Å². The van der Waals surface area contributed by atoms with Crippen molar-refractivity contribution in [2.24, 2.45) is 0 Å². The van der Waals surface area contributed by atoms with E-state index in [-0.39, 0.29) is 12.2 Å². The minimum Gasteiger partial charge on any atom is -0.478 e. The number of aliphatic hydroxyl groups is 1. The molecular formula is C14H15N3O3. The molecule has 0 spiro atoms. The summed E-state index contributed by atoms with van der Waals surface area (Å²) < 4.78 is 0.